The van der Waals surface area contributed by atoms with Gasteiger partial charge in [0.1, 0.15) is 5.82 Å². The highest BCUT2D eigenvalue weighted by molar-refractivity contribution is 7.10. The smallest absolute Gasteiger partial charge is 0.141 e. The van der Waals surface area contributed by atoms with Crippen LogP contribution in [0.25, 0.3) is 0 Å². The van der Waals surface area contributed by atoms with Gasteiger partial charge < -0.3 is 11.1 Å². The van der Waals surface area contributed by atoms with Crippen molar-refractivity contribution in [3.8, 4) is 0 Å². The van der Waals surface area contributed by atoms with Crippen molar-refractivity contribution in [1.29, 1.82) is 0 Å². The Hall–Kier alpha value is -1.26. The Labute approximate surface area is 102 Å². The van der Waals surface area contributed by atoms with Crippen LogP contribution in [0.4, 0.5) is 15.8 Å². The van der Waals surface area contributed by atoms with E-state index in [0.29, 0.717) is 6.54 Å². The molecule has 0 fully saturated rings. The summed E-state index contributed by atoms with van der Waals surface area (Å²) < 4.78 is 12.9. The highest BCUT2D eigenvalue weighted by Gasteiger charge is 2.03. The number of hydrogen-bond acceptors (Lipinski definition) is 3. The predicted molar refractivity (Wildman–Crippen MR) is 67.5 cm³/mol. The zero-order valence-electron chi connectivity index (χ0n) is 8.34. The lowest BCUT2D eigenvalue weighted by Crippen LogP contribution is -2.00. The molecule has 2 rings (SSSR count). The molecule has 0 radical (unpaired) electrons. The summed E-state index contributed by atoms with van der Waals surface area (Å²) in [5, 5.41) is 5.18. The minimum atomic E-state index is -0.414. The van der Waals surface area contributed by atoms with Crippen molar-refractivity contribution in [2.24, 2.45) is 0 Å². The first-order chi connectivity index (χ1) is 7.66. The highest BCUT2D eigenvalue weighted by atomic mass is 35.5. The number of nitrogens with one attached hydrogen (secondary N) is 1. The third-order valence-corrected chi connectivity index (χ3v) is 3.38. The second kappa shape index (κ2) is 4.72. The molecule has 3 N–H and O–H groups in total. The van der Waals surface area contributed by atoms with Crippen LogP contribution in [0.2, 0.25) is 5.02 Å². The van der Waals surface area contributed by atoms with Gasteiger partial charge in [0, 0.05) is 16.3 Å². The Morgan fingerprint density at radius 2 is 2.19 bits per heavy atom. The van der Waals surface area contributed by atoms with Gasteiger partial charge in [-0.05, 0) is 29.6 Å². The van der Waals surface area contributed by atoms with Crippen LogP contribution in [-0.4, -0.2) is 0 Å². The number of halogens is 2. The molecule has 84 valence electrons. The number of rotatable bonds is 3. The Balaban J connectivity index is 2.05. The molecule has 16 heavy (non-hydrogen) atoms. The van der Waals surface area contributed by atoms with E-state index < -0.39 is 5.82 Å². The summed E-state index contributed by atoms with van der Waals surface area (Å²) in [6.07, 6.45) is 0. The van der Waals surface area contributed by atoms with Crippen molar-refractivity contribution in [1.82, 2.24) is 0 Å². The Bertz CT molecular complexity index is 498. The zero-order valence-corrected chi connectivity index (χ0v) is 9.91. The van der Waals surface area contributed by atoms with E-state index in [1.54, 1.807) is 23.5 Å². The fraction of sp³-hybridized carbons (Fsp3) is 0.0909. The van der Waals surface area contributed by atoms with Crippen molar-refractivity contribution < 1.29 is 4.39 Å². The molecule has 1 heterocycles. The molecule has 1 aromatic carbocycles. The van der Waals surface area contributed by atoms with Crippen LogP contribution >= 0.6 is 22.9 Å². The van der Waals surface area contributed by atoms with Crippen LogP contribution in [0.5, 0.6) is 0 Å². The van der Waals surface area contributed by atoms with Crippen molar-refractivity contribution in [3.63, 3.8) is 0 Å². The van der Waals surface area contributed by atoms with E-state index in [9.17, 15) is 4.39 Å². The van der Waals surface area contributed by atoms with Crippen molar-refractivity contribution in [2.75, 3.05) is 11.1 Å². The molecule has 2 nitrogen and oxygen atoms in total. The standard InChI is InChI=1S/C11H10ClFN2S/c12-8-5-7(1-2-9(8)13)15-6-11-10(14)3-4-16-11/h1-5,15H,6,14H2. The average molecular weight is 257 g/mol. The fourth-order valence-corrected chi connectivity index (χ4v) is 2.20. The number of hydrogen-bond donors (Lipinski definition) is 2. The third-order valence-electron chi connectivity index (χ3n) is 2.15. The molecule has 1 aromatic heterocycles. The molecule has 0 spiro atoms. The third kappa shape index (κ3) is 2.46. The molecule has 0 aliphatic heterocycles. The van der Waals surface area contributed by atoms with Gasteiger partial charge in [-0.1, -0.05) is 11.6 Å². The van der Waals surface area contributed by atoms with E-state index in [1.807, 2.05) is 11.4 Å². The van der Waals surface area contributed by atoms with Crippen molar-refractivity contribution in [3.05, 3.63) is 45.4 Å². The lowest BCUT2D eigenvalue weighted by Gasteiger charge is -2.06. The van der Waals surface area contributed by atoms with Gasteiger partial charge in [-0.25, -0.2) is 4.39 Å². The van der Waals surface area contributed by atoms with Crippen LogP contribution in [0.1, 0.15) is 4.88 Å². The molecule has 0 saturated heterocycles. The van der Waals surface area contributed by atoms with Gasteiger partial charge in [-0.3, -0.25) is 0 Å². The summed E-state index contributed by atoms with van der Waals surface area (Å²) in [6.45, 7) is 0.617. The van der Waals surface area contributed by atoms with Crippen LogP contribution in [0, 0.1) is 5.82 Å². The van der Waals surface area contributed by atoms with Crippen LogP contribution in [-0.2, 0) is 6.54 Å². The van der Waals surface area contributed by atoms with E-state index in [1.165, 1.54) is 6.07 Å². The summed E-state index contributed by atoms with van der Waals surface area (Å²) in [6, 6.07) is 6.40. The molecule has 0 bridgehead atoms. The first-order valence-corrected chi connectivity index (χ1v) is 5.93. The largest absolute Gasteiger partial charge is 0.398 e. The maximum absolute atomic E-state index is 12.9. The first kappa shape index (κ1) is 11.2. The van der Waals surface area contributed by atoms with Gasteiger partial charge in [0.25, 0.3) is 0 Å². The molecular weight excluding hydrogens is 247 g/mol. The lowest BCUT2D eigenvalue weighted by atomic mass is 10.3. The summed E-state index contributed by atoms with van der Waals surface area (Å²) >= 11 is 7.25. The minimum Gasteiger partial charge on any atom is -0.398 e. The van der Waals surface area contributed by atoms with Crippen molar-refractivity contribution >= 4 is 34.3 Å². The normalized spacial score (nSPS) is 10.4. The quantitative estimate of drug-likeness (QED) is 0.878. The van der Waals surface area contributed by atoms with Gasteiger partial charge in [-0.15, -0.1) is 11.3 Å². The first-order valence-electron chi connectivity index (χ1n) is 4.67. The van der Waals surface area contributed by atoms with E-state index in [-0.39, 0.29) is 5.02 Å². The van der Waals surface area contributed by atoms with Gasteiger partial charge in [0.05, 0.1) is 11.6 Å². The monoisotopic (exact) mass is 256 g/mol. The van der Waals surface area contributed by atoms with E-state index in [0.717, 1.165) is 16.3 Å². The number of nitrogen functional groups attached to an aromatic ring is 1. The summed E-state index contributed by atoms with van der Waals surface area (Å²) in [7, 11) is 0. The second-order valence-corrected chi connectivity index (χ2v) is 4.69. The predicted octanol–water partition coefficient (Wildman–Crippen LogP) is 3.73. The maximum atomic E-state index is 12.9. The maximum Gasteiger partial charge on any atom is 0.141 e. The highest BCUT2D eigenvalue weighted by Crippen LogP contribution is 2.23. The number of thiophene rings is 1. The number of anilines is 2. The minimum absolute atomic E-state index is 0.115. The van der Waals surface area contributed by atoms with E-state index >= 15 is 0 Å². The zero-order chi connectivity index (χ0) is 11.5. The molecule has 2 aromatic rings. The van der Waals surface area contributed by atoms with E-state index in [2.05, 4.69) is 5.32 Å². The molecule has 0 unspecified atom stereocenters. The van der Waals surface area contributed by atoms with Gasteiger partial charge >= 0.3 is 0 Å². The lowest BCUT2D eigenvalue weighted by molar-refractivity contribution is 0.628. The molecule has 0 saturated carbocycles. The Kier molecular flexibility index (Phi) is 3.31. The summed E-state index contributed by atoms with van der Waals surface area (Å²) in [5.41, 5.74) is 7.29. The summed E-state index contributed by atoms with van der Waals surface area (Å²) in [4.78, 5) is 1.06. The topological polar surface area (TPSA) is 38.0 Å². The molecular formula is C11H10ClFN2S. The van der Waals surface area contributed by atoms with Gasteiger partial charge in [0.2, 0.25) is 0 Å². The fourth-order valence-electron chi connectivity index (χ4n) is 1.28. The molecule has 0 amide bonds. The molecule has 5 heteroatoms. The average Bonchev–Trinajstić information content (AvgIpc) is 2.66. The van der Waals surface area contributed by atoms with Gasteiger partial charge in [-0.2, -0.15) is 0 Å². The molecule has 0 aliphatic rings. The van der Waals surface area contributed by atoms with Crippen LogP contribution in [0.15, 0.2) is 29.6 Å². The number of benzene rings is 1. The summed E-state index contributed by atoms with van der Waals surface area (Å²) in [5.74, 6) is -0.414. The van der Waals surface area contributed by atoms with Crippen LogP contribution in [0.3, 0.4) is 0 Å². The number of nitrogens with two attached hydrogens (primary N) is 1. The van der Waals surface area contributed by atoms with Crippen molar-refractivity contribution in [2.45, 2.75) is 6.54 Å². The van der Waals surface area contributed by atoms with Gasteiger partial charge in [0.15, 0.2) is 0 Å². The second-order valence-electron chi connectivity index (χ2n) is 3.28. The van der Waals surface area contributed by atoms with Crippen LogP contribution < -0.4 is 11.1 Å². The van der Waals surface area contributed by atoms with E-state index in [4.69, 9.17) is 17.3 Å². The Morgan fingerprint density at radius 1 is 1.38 bits per heavy atom. The molecule has 0 aliphatic carbocycles. The SMILES string of the molecule is Nc1ccsc1CNc1ccc(F)c(Cl)c1. The Morgan fingerprint density at radius 3 is 2.81 bits per heavy atom. The molecule has 0 atom stereocenters.